The second-order valence-electron chi connectivity index (χ2n) is 6.59. The molecule has 0 fully saturated rings. The van der Waals surface area contributed by atoms with Gasteiger partial charge in [0.15, 0.2) is 0 Å². The van der Waals surface area contributed by atoms with Gasteiger partial charge in [0.1, 0.15) is 5.75 Å². The maximum Gasteiger partial charge on any atom is 0.340 e. The Morgan fingerprint density at radius 2 is 1.52 bits per heavy atom. The van der Waals surface area contributed by atoms with E-state index < -0.39 is 17.1 Å². The summed E-state index contributed by atoms with van der Waals surface area (Å²) in [4.78, 5) is 37.3. The Kier molecular flexibility index (Phi) is 4.31. The van der Waals surface area contributed by atoms with Crippen LogP contribution in [0.2, 0.25) is 0 Å². The number of benzene rings is 1. The lowest BCUT2D eigenvalue weighted by molar-refractivity contribution is 0.317. The van der Waals surface area contributed by atoms with E-state index in [1.807, 2.05) is 20.8 Å². The van der Waals surface area contributed by atoms with Crippen LogP contribution < -0.4 is 21.8 Å². The summed E-state index contributed by atoms with van der Waals surface area (Å²) in [6.07, 6.45) is 0. The molecule has 1 heterocycles. The predicted octanol–water partition coefficient (Wildman–Crippen LogP) is 0.753. The highest BCUT2D eigenvalue weighted by Gasteiger charge is 2.19. The lowest BCUT2D eigenvalue weighted by Gasteiger charge is -2.20. The Bertz CT molecular complexity index is 880. The Hall–Kier alpha value is -2.57. The van der Waals surface area contributed by atoms with Crippen molar-refractivity contribution >= 4 is 0 Å². The van der Waals surface area contributed by atoms with Crippen LogP contribution in [0.25, 0.3) is 5.69 Å². The molecule has 7 heteroatoms. The lowest BCUT2D eigenvalue weighted by Crippen LogP contribution is -2.54. The zero-order chi connectivity index (χ0) is 17.4. The predicted molar refractivity (Wildman–Crippen MR) is 87.5 cm³/mol. The third-order valence-corrected chi connectivity index (χ3v) is 3.38. The highest BCUT2D eigenvalue weighted by molar-refractivity contribution is 5.36. The molecule has 1 aromatic carbocycles. The molecule has 7 nitrogen and oxygen atoms in total. The van der Waals surface area contributed by atoms with Gasteiger partial charge in [0, 0.05) is 13.6 Å². The van der Waals surface area contributed by atoms with Gasteiger partial charge in [-0.1, -0.05) is 20.8 Å². The second-order valence-corrected chi connectivity index (χ2v) is 6.59. The van der Waals surface area contributed by atoms with Crippen molar-refractivity contribution in [3.05, 3.63) is 55.7 Å². The van der Waals surface area contributed by atoms with E-state index >= 15 is 0 Å². The molecule has 0 saturated heterocycles. The van der Waals surface area contributed by atoms with Crippen LogP contribution >= 0.6 is 0 Å². The third kappa shape index (κ3) is 3.28. The van der Waals surface area contributed by atoms with Gasteiger partial charge in [0.25, 0.3) is 0 Å². The van der Waals surface area contributed by atoms with Gasteiger partial charge in [0.05, 0.1) is 12.8 Å². The Morgan fingerprint density at radius 1 is 0.957 bits per heavy atom. The Balaban J connectivity index is 2.75. The minimum absolute atomic E-state index is 0.217. The van der Waals surface area contributed by atoms with Crippen LogP contribution in [-0.4, -0.2) is 20.8 Å². The van der Waals surface area contributed by atoms with E-state index in [1.165, 1.54) is 14.2 Å². The third-order valence-electron chi connectivity index (χ3n) is 3.38. The molecule has 0 spiro atoms. The van der Waals surface area contributed by atoms with Crippen LogP contribution in [0.5, 0.6) is 5.75 Å². The fourth-order valence-corrected chi connectivity index (χ4v) is 2.26. The molecule has 1 aromatic heterocycles. The molecule has 0 bridgehead atoms. The van der Waals surface area contributed by atoms with E-state index in [-0.39, 0.29) is 12.0 Å². The molecule has 0 radical (unpaired) electrons. The number of ether oxygens (including phenoxy) is 1. The smallest absolute Gasteiger partial charge is 0.340 e. The van der Waals surface area contributed by atoms with Gasteiger partial charge < -0.3 is 4.74 Å². The van der Waals surface area contributed by atoms with Crippen LogP contribution in [0.1, 0.15) is 20.8 Å². The standard InChI is InChI=1S/C16H21N3O4/c1-16(2,3)10-18-13(20)17(4)14(21)19(15(18)22)11-6-8-12(23-5)9-7-11/h6-9H,10H2,1-5H3. The average molecular weight is 319 g/mol. The van der Waals surface area contributed by atoms with Crippen LogP contribution in [-0.2, 0) is 13.6 Å². The van der Waals surface area contributed by atoms with E-state index in [9.17, 15) is 14.4 Å². The van der Waals surface area contributed by atoms with Crippen LogP contribution in [0, 0.1) is 5.41 Å². The van der Waals surface area contributed by atoms with Gasteiger partial charge in [-0.2, -0.15) is 0 Å². The van der Waals surface area contributed by atoms with Gasteiger partial charge in [-0.05, 0) is 29.7 Å². The van der Waals surface area contributed by atoms with Crippen molar-refractivity contribution in [1.82, 2.24) is 13.7 Å². The first kappa shape index (κ1) is 16.8. The van der Waals surface area contributed by atoms with Crippen molar-refractivity contribution in [2.24, 2.45) is 12.5 Å². The summed E-state index contributed by atoms with van der Waals surface area (Å²) in [5, 5.41) is 0. The fourth-order valence-electron chi connectivity index (χ4n) is 2.26. The van der Waals surface area contributed by atoms with Crippen LogP contribution in [0.3, 0.4) is 0 Å². The van der Waals surface area contributed by atoms with Crippen molar-refractivity contribution in [1.29, 1.82) is 0 Å². The molecule has 0 amide bonds. The van der Waals surface area contributed by atoms with E-state index in [0.29, 0.717) is 11.4 Å². The molecule has 0 aliphatic rings. The first-order chi connectivity index (χ1) is 10.7. The SMILES string of the molecule is COc1ccc(-n2c(=O)n(C)c(=O)n(CC(C)(C)C)c2=O)cc1. The van der Waals surface area contributed by atoms with Crippen LogP contribution in [0.4, 0.5) is 0 Å². The zero-order valence-electron chi connectivity index (χ0n) is 14.0. The average Bonchev–Trinajstić information content (AvgIpc) is 2.49. The Labute approximate surface area is 133 Å². The molecule has 124 valence electrons. The summed E-state index contributed by atoms with van der Waals surface area (Å²) < 4.78 is 8.10. The minimum atomic E-state index is -0.671. The molecular weight excluding hydrogens is 298 g/mol. The quantitative estimate of drug-likeness (QED) is 0.837. The summed E-state index contributed by atoms with van der Waals surface area (Å²) >= 11 is 0. The Morgan fingerprint density at radius 3 is 2.00 bits per heavy atom. The number of hydrogen-bond acceptors (Lipinski definition) is 4. The highest BCUT2D eigenvalue weighted by Crippen LogP contribution is 2.14. The molecular formula is C16H21N3O4. The normalized spacial score (nSPS) is 11.5. The molecule has 23 heavy (non-hydrogen) atoms. The maximum atomic E-state index is 12.7. The first-order valence-corrected chi connectivity index (χ1v) is 7.23. The van der Waals surface area contributed by atoms with Crippen molar-refractivity contribution in [2.75, 3.05) is 7.11 Å². The zero-order valence-corrected chi connectivity index (χ0v) is 14.0. The summed E-state index contributed by atoms with van der Waals surface area (Å²) in [6, 6.07) is 6.52. The fraction of sp³-hybridized carbons (Fsp3) is 0.438. The van der Waals surface area contributed by atoms with E-state index in [0.717, 1.165) is 13.7 Å². The minimum Gasteiger partial charge on any atom is -0.497 e. The molecule has 0 unspecified atom stereocenters. The molecule has 0 aliphatic heterocycles. The largest absolute Gasteiger partial charge is 0.497 e. The highest BCUT2D eigenvalue weighted by atomic mass is 16.5. The lowest BCUT2D eigenvalue weighted by atomic mass is 9.97. The van der Waals surface area contributed by atoms with Crippen molar-refractivity contribution in [3.63, 3.8) is 0 Å². The summed E-state index contributed by atoms with van der Waals surface area (Å²) in [7, 11) is 2.90. The molecule has 2 aromatic rings. The number of nitrogens with zero attached hydrogens (tertiary/aromatic N) is 3. The van der Waals surface area contributed by atoms with E-state index in [1.54, 1.807) is 24.3 Å². The van der Waals surface area contributed by atoms with Crippen molar-refractivity contribution in [2.45, 2.75) is 27.3 Å². The topological polar surface area (TPSA) is 75.2 Å². The van der Waals surface area contributed by atoms with Crippen LogP contribution in [0.15, 0.2) is 38.6 Å². The monoisotopic (exact) mass is 319 g/mol. The molecule has 0 aliphatic carbocycles. The molecule has 0 N–H and O–H groups in total. The van der Waals surface area contributed by atoms with Crippen molar-refractivity contribution in [3.8, 4) is 11.4 Å². The van der Waals surface area contributed by atoms with E-state index in [2.05, 4.69) is 0 Å². The number of methoxy groups -OCH3 is 1. The van der Waals surface area contributed by atoms with Crippen molar-refractivity contribution < 1.29 is 4.74 Å². The summed E-state index contributed by atoms with van der Waals surface area (Å²) in [5.74, 6) is 0.613. The molecule has 0 saturated carbocycles. The number of rotatable bonds is 3. The van der Waals surface area contributed by atoms with Gasteiger partial charge in [0.2, 0.25) is 0 Å². The van der Waals surface area contributed by atoms with Gasteiger partial charge in [-0.3, -0.25) is 0 Å². The summed E-state index contributed by atoms with van der Waals surface area (Å²) in [5.41, 5.74) is -1.81. The maximum absolute atomic E-state index is 12.7. The van der Waals surface area contributed by atoms with Gasteiger partial charge in [-0.25, -0.2) is 28.1 Å². The number of aromatic nitrogens is 3. The van der Waals surface area contributed by atoms with Gasteiger partial charge >= 0.3 is 17.1 Å². The molecule has 2 rings (SSSR count). The first-order valence-electron chi connectivity index (χ1n) is 7.23. The molecule has 0 atom stereocenters. The van der Waals surface area contributed by atoms with Gasteiger partial charge in [-0.15, -0.1) is 0 Å². The number of hydrogen-bond donors (Lipinski definition) is 0. The van der Waals surface area contributed by atoms with E-state index in [4.69, 9.17) is 4.74 Å². The summed E-state index contributed by atoms with van der Waals surface area (Å²) in [6.45, 7) is 5.97. The second kappa shape index (κ2) is 5.91.